The van der Waals surface area contributed by atoms with Gasteiger partial charge in [0.05, 0.1) is 12.1 Å². The van der Waals surface area contributed by atoms with Crippen molar-refractivity contribution in [3.8, 4) is 0 Å². The van der Waals surface area contributed by atoms with E-state index in [1.807, 2.05) is 24.1 Å². The van der Waals surface area contributed by atoms with Crippen molar-refractivity contribution in [3.05, 3.63) is 40.3 Å². The maximum absolute atomic E-state index is 13.1. The molecule has 0 radical (unpaired) electrons. The molecule has 2 saturated heterocycles. The molecule has 2 aromatic rings. The maximum Gasteiger partial charge on any atom is 0.227 e. The Bertz CT molecular complexity index is 715. The number of amides is 1. The van der Waals surface area contributed by atoms with E-state index in [4.69, 9.17) is 0 Å². The van der Waals surface area contributed by atoms with Crippen LogP contribution in [0, 0.1) is 5.92 Å². The number of nitrogens with one attached hydrogen (secondary N) is 1. The third-order valence-electron chi connectivity index (χ3n) is 5.33. The van der Waals surface area contributed by atoms with Crippen LogP contribution in [0.15, 0.2) is 29.9 Å². The van der Waals surface area contributed by atoms with Crippen LogP contribution in [-0.4, -0.2) is 64.8 Å². The molecule has 2 atom stereocenters. The highest BCUT2D eigenvalue weighted by molar-refractivity contribution is 7.09. The summed E-state index contributed by atoms with van der Waals surface area (Å²) in [6.45, 7) is 6.22. The summed E-state index contributed by atoms with van der Waals surface area (Å²) in [6.07, 6.45) is 3.94. The van der Waals surface area contributed by atoms with Crippen LogP contribution in [0.5, 0.6) is 0 Å². The molecule has 4 heterocycles. The zero-order valence-electron chi connectivity index (χ0n) is 15.4. The van der Waals surface area contributed by atoms with Crippen molar-refractivity contribution >= 4 is 42.1 Å². The van der Waals surface area contributed by atoms with Gasteiger partial charge in [-0.05, 0) is 17.0 Å². The molecule has 9 heteroatoms. The van der Waals surface area contributed by atoms with Gasteiger partial charge in [-0.3, -0.25) is 14.4 Å². The second-order valence-corrected chi connectivity index (χ2v) is 8.03. The van der Waals surface area contributed by atoms with Gasteiger partial charge < -0.3 is 10.2 Å². The quantitative estimate of drug-likeness (QED) is 0.803. The average molecular weight is 432 g/mol. The van der Waals surface area contributed by atoms with Gasteiger partial charge in [0.25, 0.3) is 0 Å². The van der Waals surface area contributed by atoms with E-state index >= 15 is 0 Å². The van der Waals surface area contributed by atoms with Gasteiger partial charge >= 0.3 is 0 Å². The predicted molar refractivity (Wildman–Crippen MR) is 113 cm³/mol. The number of hydrogen-bond donors (Lipinski definition) is 1. The van der Waals surface area contributed by atoms with Crippen LogP contribution in [-0.2, 0) is 18.4 Å². The highest BCUT2D eigenvalue weighted by Gasteiger charge is 2.37. The topological polar surface area (TPSA) is 53.4 Å². The Morgan fingerprint density at radius 1 is 1.26 bits per heavy atom. The second-order valence-electron chi connectivity index (χ2n) is 7.00. The van der Waals surface area contributed by atoms with Gasteiger partial charge in [0.15, 0.2) is 0 Å². The molecule has 0 bridgehead atoms. The molecule has 1 N–H and O–H groups in total. The lowest BCUT2D eigenvalue weighted by molar-refractivity contribution is -0.137. The number of aromatic nitrogens is 2. The number of thiophene rings is 1. The number of hydrogen-bond acceptors (Lipinski definition) is 5. The van der Waals surface area contributed by atoms with E-state index in [0.717, 1.165) is 45.8 Å². The van der Waals surface area contributed by atoms with E-state index in [-0.39, 0.29) is 36.6 Å². The van der Waals surface area contributed by atoms with Crippen LogP contribution < -0.4 is 5.32 Å². The molecule has 4 rings (SSSR count). The van der Waals surface area contributed by atoms with Crippen molar-refractivity contribution in [2.24, 2.45) is 13.0 Å². The number of carbonyl (C=O) groups excluding carboxylic acids is 1. The fraction of sp³-hybridized carbons (Fsp3) is 0.556. The number of halogens is 2. The lowest BCUT2D eigenvalue weighted by Crippen LogP contribution is -2.50. The van der Waals surface area contributed by atoms with Gasteiger partial charge in [0.1, 0.15) is 0 Å². The molecular formula is C18H27Cl2N5OS. The third-order valence-corrected chi connectivity index (χ3v) is 6.19. The zero-order chi connectivity index (χ0) is 17.2. The first kappa shape index (κ1) is 22.2. The van der Waals surface area contributed by atoms with Crippen molar-refractivity contribution < 1.29 is 4.79 Å². The van der Waals surface area contributed by atoms with Gasteiger partial charge in [-0.25, -0.2) is 0 Å². The molecule has 2 fully saturated rings. The minimum atomic E-state index is 0. The molecule has 27 heavy (non-hydrogen) atoms. The van der Waals surface area contributed by atoms with Crippen LogP contribution in [0.1, 0.15) is 16.4 Å². The Morgan fingerprint density at radius 2 is 2.04 bits per heavy atom. The molecule has 2 aromatic heterocycles. The largest absolute Gasteiger partial charge is 0.340 e. The number of nitrogens with zero attached hydrogens (tertiary/aromatic N) is 4. The zero-order valence-corrected chi connectivity index (χ0v) is 17.9. The summed E-state index contributed by atoms with van der Waals surface area (Å²) < 4.78 is 1.82. The van der Waals surface area contributed by atoms with Crippen LogP contribution in [0.3, 0.4) is 0 Å². The summed E-state index contributed by atoms with van der Waals surface area (Å²) in [7, 11) is 1.93. The van der Waals surface area contributed by atoms with Crippen LogP contribution in [0.4, 0.5) is 0 Å². The first-order chi connectivity index (χ1) is 12.2. The van der Waals surface area contributed by atoms with Gasteiger partial charge in [-0.2, -0.15) is 5.10 Å². The van der Waals surface area contributed by atoms with E-state index in [9.17, 15) is 4.79 Å². The third kappa shape index (κ3) is 5.03. The van der Waals surface area contributed by atoms with Crippen LogP contribution in [0.2, 0.25) is 0 Å². The summed E-state index contributed by atoms with van der Waals surface area (Å²) in [5, 5.41) is 9.79. The van der Waals surface area contributed by atoms with Crippen molar-refractivity contribution in [1.29, 1.82) is 0 Å². The SMILES string of the molecule is Cl.Cl.Cn1cc([C@H]2CNC[C@@H]2C(=O)N2CCN(Cc3cccs3)CC2)cn1. The average Bonchev–Trinajstić information content (AvgIpc) is 3.36. The highest BCUT2D eigenvalue weighted by atomic mass is 35.5. The molecule has 1 amide bonds. The lowest BCUT2D eigenvalue weighted by Gasteiger charge is -2.36. The van der Waals surface area contributed by atoms with E-state index < -0.39 is 0 Å². The Labute approximate surface area is 176 Å². The monoisotopic (exact) mass is 431 g/mol. The maximum atomic E-state index is 13.1. The summed E-state index contributed by atoms with van der Waals surface area (Å²) in [4.78, 5) is 19.0. The Kier molecular flexibility index (Phi) is 8.12. The van der Waals surface area contributed by atoms with Gasteiger partial charge in [0.2, 0.25) is 5.91 Å². The molecule has 2 aliphatic heterocycles. The summed E-state index contributed by atoms with van der Waals surface area (Å²) in [6, 6.07) is 4.29. The van der Waals surface area contributed by atoms with Crippen LogP contribution in [0.25, 0.3) is 0 Å². The summed E-state index contributed by atoms with van der Waals surface area (Å²) in [5.41, 5.74) is 1.17. The van der Waals surface area contributed by atoms with Crippen molar-refractivity contribution in [1.82, 2.24) is 24.9 Å². The summed E-state index contributed by atoms with van der Waals surface area (Å²) in [5.74, 6) is 0.577. The Balaban J connectivity index is 0.00000131. The van der Waals surface area contributed by atoms with Gasteiger partial charge in [-0.1, -0.05) is 6.07 Å². The lowest BCUT2D eigenvalue weighted by atomic mass is 9.89. The van der Waals surface area contributed by atoms with E-state index in [1.54, 1.807) is 11.3 Å². The molecule has 6 nitrogen and oxygen atoms in total. The first-order valence-electron chi connectivity index (χ1n) is 8.93. The van der Waals surface area contributed by atoms with Crippen molar-refractivity contribution in [2.45, 2.75) is 12.5 Å². The normalized spacial score (nSPS) is 22.9. The Morgan fingerprint density at radius 3 is 2.67 bits per heavy atom. The number of carbonyl (C=O) groups is 1. The first-order valence-corrected chi connectivity index (χ1v) is 9.81. The molecule has 0 aliphatic carbocycles. The molecule has 150 valence electrons. The number of rotatable bonds is 4. The van der Waals surface area contributed by atoms with Crippen LogP contribution >= 0.6 is 36.2 Å². The summed E-state index contributed by atoms with van der Waals surface area (Å²) >= 11 is 1.81. The molecule has 0 unspecified atom stereocenters. The number of piperazine rings is 1. The van der Waals surface area contributed by atoms with E-state index in [2.05, 4.69) is 37.7 Å². The highest BCUT2D eigenvalue weighted by Crippen LogP contribution is 2.29. The van der Waals surface area contributed by atoms with E-state index in [0.29, 0.717) is 5.91 Å². The van der Waals surface area contributed by atoms with Gasteiger partial charge in [-0.15, -0.1) is 36.2 Å². The second kappa shape index (κ2) is 9.89. The fourth-order valence-electron chi connectivity index (χ4n) is 3.90. The Hall–Kier alpha value is -1.12. The molecule has 0 aromatic carbocycles. The molecule has 0 saturated carbocycles. The van der Waals surface area contributed by atoms with Gasteiger partial charge in [0, 0.05) is 69.9 Å². The standard InChI is InChI=1S/C18H25N5OS.2ClH/c1-21-12-14(9-20-21)16-10-19-11-17(16)18(24)23-6-4-22(5-7-23)13-15-3-2-8-25-15;;/h2-3,8-9,12,16-17,19H,4-7,10-11,13H2,1H3;2*1H/t16-,17+;;/m1../s1. The molecule has 0 spiro atoms. The van der Waals surface area contributed by atoms with Crippen molar-refractivity contribution in [3.63, 3.8) is 0 Å². The minimum Gasteiger partial charge on any atom is -0.340 e. The molecule has 2 aliphatic rings. The van der Waals surface area contributed by atoms with E-state index in [1.165, 1.54) is 10.4 Å². The predicted octanol–water partition coefficient (Wildman–Crippen LogP) is 1.97. The van der Waals surface area contributed by atoms with Crippen molar-refractivity contribution in [2.75, 3.05) is 39.3 Å². The fourth-order valence-corrected chi connectivity index (χ4v) is 4.65. The number of aryl methyl sites for hydroxylation is 1. The molecular weight excluding hydrogens is 405 g/mol. The minimum absolute atomic E-state index is 0. The smallest absolute Gasteiger partial charge is 0.227 e.